The second kappa shape index (κ2) is 7.61. The van der Waals surface area contributed by atoms with Crippen LogP contribution in [-0.2, 0) is 11.3 Å². The number of benzene rings is 1. The molecule has 2 aromatic rings. The van der Waals surface area contributed by atoms with Gasteiger partial charge >= 0.3 is 0 Å². The van der Waals surface area contributed by atoms with Crippen LogP contribution in [0.2, 0.25) is 5.02 Å². The number of aromatic nitrogens is 3. The highest BCUT2D eigenvalue weighted by Crippen LogP contribution is 2.44. The van der Waals surface area contributed by atoms with Crippen molar-refractivity contribution >= 4 is 29.3 Å². The van der Waals surface area contributed by atoms with E-state index in [0.717, 1.165) is 35.4 Å². The van der Waals surface area contributed by atoms with E-state index >= 15 is 0 Å². The van der Waals surface area contributed by atoms with Crippen LogP contribution in [0, 0.1) is 11.8 Å². The van der Waals surface area contributed by atoms with E-state index in [-0.39, 0.29) is 5.91 Å². The molecule has 7 heteroatoms. The minimum absolute atomic E-state index is 0.103. The van der Waals surface area contributed by atoms with Crippen molar-refractivity contribution in [1.29, 1.82) is 0 Å². The quantitative estimate of drug-likeness (QED) is 0.757. The first-order chi connectivity index (χ1) is 12.6. The Kier molecular flexibility index (Phi) is 5.23. The van der Waals surface area contributed by atoms with Crippen LogP contribution in [0.15, 0.2) is 29.4 Å². The fourth-order valence-electron chi connectivity index (χ4n) is 4.29. The van der Waals surface area contributed by atoms with Crippen molar-refractivity contribution in [2.45, 2.75) is 50.4 Å². The van der Waals surface area contributed by atoms with Crippen molar-refractivity contribution in [3.05, 3.63) is 29.3 Å². The van der Waals surface area contributed by atoms with E-state index < -0.39 is 0 Å². The topological polar surface area (TPSA) is 59.8 Å². The van der Waals surface area contributed by atoms with Gasteiger partial charge in [0.05, 0.1) is 5.75 Å². The third-order valence-corrected chi connectivity index (χ3v) is 6.77. The third-order valence-electron chi connectivity index (χ3n) is 5.55. The first-order valence-electron chi connectivity index (χ1n) is 9.25. The summed E-state index contributed by atoms with van der Waals surface area (Å²) in [4.78, 5) is 12.4. The average Bonchev–Trinajstić information content (AvgIpc) is 3.35. The molecule has 0 aliphatic heterocycles. The van der Waals surface area contributed by atoms with E-state index in [1.165, 1.54) is 31.0 Å². The van der Waals surface area contributed by atoms with Gasteiger partial charge in [0.15, 0.2) is 11.0 Å². The number of hydrogen-bond acceptors (Lipinski definition) is 4. The number of carbonyl (C=O) groups excluding carboxylic acids is 1. The molecular weight excluding hydrogens is 368 g/mol. The van der Waals surface area contributed by atoms with E-state index in [1.54, 1.807) is 0 Å². The fourth-order valence-corrected chi connectivity index (χ4v) is 5.23. The summed E-state index contributed by atoms with van der Waals surface area (Å²) in [6, 6.07) is 7.96. The fraction of sp³-hybridized carbons (Fsp3) is 0.526. The van der Waals surface area contributed by atoms with Gasteiger partial charge in [-0.15, -0.1) is 10.2 Å². The van der Waals surface area contributed by atoms with Crippen LogP contribution < -0.4 is 5.32 Å². The summed E-state index contributed by atoms with van der Waals surface area (Å²) in [5.74, 6) is 2.83. The molecule has 2 saturated carbocycles. The molecule has 1 aromatic heterocycles. The summed E-state index contributed by atoms with van der Waals surface area (Å²) in [5.41, 5.74) is 0.974. The predicted octanol–water partition coefficient (Wildman–Crippen LogP) is 4.02. The molecule has 0 radical (unpaired) electrons. The Bertz CT molecular complexity index is 791. The minimum Gasteiger partial charge on any atom is -0.352 e. The van der Waals surface area contributed by atoms with Crippen LogP contribution in [0.25, 0.3) is 11.4 Å². The highest BCUT2D eigenvalue weighted by atomic mass is 35.5. The molecule has 26 heavy (non-hydrogen) atoms. The van der Waals surface area contributed by atoms with Crippen LogP contribution in [0.3, 0.4) is 0 Å². The SMILES string of the molecule is CCn1c(SCC(=O)NC2CC3CCC2C3)nnc1-c1ccc(Cl)cc1. The Morgan fingerprint density at radius 1 is 1.27 bits per heavy atom. The van der Waals surface area contributed by atoms with E-state index in [1.807, 2.05) is 28.8 Å². The Balaban J connectivity index is 1.39. The number of rotatable bonds is 6. The van der Waals surface area contributed by atoms with Gasteiger partial charge in [0.25, 0.3) is 0 Å². The number of amides is 1. The Hall–Kier alpha value is -1.53. The van der Waals surface area contributed by atoms with E-state index in [0.29, 0.717) is 22.7 Å². The molecule has 1 heterocycles. The maximum Gasteiger partial charge on any atom is 0.230 e. The lowest BCUT2D eigenvalue weighted by Crippen LogP contribution is -2.39. The van der Waals surface area contributed by atoms with Gasteiger partial charge in [-0.05, 0) is 62.3 Å². The summed E-state index contributed by atoms with van der Waals surface area (Å²) < 4.78 is 2.04. The van der Waals surface area contributed by atoms with Crippen molar-refractivity contribution in [3.63, 3.8) is 0 Å². The number of thioether (sulfide) groups is 1. The molecule has 1 amide bonds. The minimum atomic E-state index is 0.103. The van der Waals surface area contributed by atoms with E-state index in [2.05, 4.69) is 22.4 Å². The molecule has 0 spiro atoms. The smallest absolute Gasteiger partial charge is 0.230 e. The van der Waals surface area contributed by atoms with Crippen molar-refractivity contribution in [2.24, 2.45) is 11.8 Å². The normalized spacial score (nSPS) is 24.2. The Morgan fingerprint density at radius 3 is 2.73 bits per heavy atom. The lowest BCUT2D eigenvalue weighted by Gasteiger charge is -2.22. The summed E-state index contributed by atoms with van der Waals surface area (Å²) in [6.07, 6.45) is 5.08. The van der Waals surface area contributed by atoms with Crippen LogP contribution >= 0.6 is 23.4 Å². The molecule has 138 valence electrons. The lowest BCUT2D eigenvalue weighted by atomic mass is 9.95. The summed E-state index contributed by atoms with van der Waals surface area (Å²) in [6.45, 7) is 2.81. The molecule has 3 atom stereocenters. The zero-order valence-corrected chi connectivity index (χ0v) is 16.4. The summed E-state index contributed by atoms with van der Waals surface area (Å²) in [5, 5.41) is 13.3. The highest BCUT2D eigenvalue weighted by Gasteiger charge is 2.40. The van der Waals surface area contributed by atoms with Gasteiger partial charge in [-0.1, -0.05) is 29.8 Å². The molecule has 2 aliphatic rings. The molecule has 2 bridgehead atoms. The van der Waals surface area contributed by atoms with Crippen LogP contribution in [0.5, 0.6) is 0 Å². The predicted molar refractivity (Wildman–Crippen MR) is 104 cm³/mol. The molecule has 1 aromatic carbocycles. The number of nitrogens with zero attached hydrogens (tertiary/aromatic N) is 3. The van der Waals surface area contributed by atoms with Crippen LogP contribution in [0.1, 0.15) is 32.6 Å². The lowest BCUT2D eigenvalue weighted by molar-refractivity contribution is -0.119. The van der Waals surface area contributed by atoms with Gasteiger partial charge < -0.3 is 9.88 Å². The first kappa shape index (κ1) is 17.9. The molecule has 0 saturated heterocycles. The van der Waals surface area contributed by atoms with Crippen molar-refractivity contribution in [3.8, 4) is 11.4 Å². The number of carbonyl (C=O) groups is 1. The second-order valence-corrected chi connectivity index (χ2v) is 8.57. The van der Waals surface area contributed by atoms with Crippen LogP contribution in [-0.4, -0.2) is 32.5 Å². The third kappa shape index (κ3) is 3.62. The van der Waals surface area contributed by atoms with Gasteiger partial charge in [-0.3, -0.25) is 4.79 Å². The molecule has 3 unspecified atom stereocenters. The molecule has 1 N–H and O–H groups in total. The molecular formula is C19H23ClN4OS. The first-order valence-corrected chi connectivity index (χ1v) is 10.6. The largest absolute Gasteiger partial charge is 0.352 e. The number of halogens is 1. The monoisotopic (exact) mass is 390 g/mol. The molecule has 5 nitrogen and oxygen atoms in total. The van der Waals surface area contributed by atoms with Gasteiger partial charge in [-0.2, -0.15) is 0 Å². The molecule has 2 aliphatic carbocycles. The Morgan fingerprint density at radius 2 is 2.08 bits per heavy atom. The van der Waals surface area contributed by atoms with Gasteiger partial charge in [0.1, 0.15) is 0 Å². The summed E-state index contributed by atoms with van der Waals surface area (Å²) >= 11 is 7.42. The maximum atomic E-state index is 12.4. The van der Waals surface area contributed by atoms with Crippen molar-refractivity contribution < 1.29 is 4.79 Å². The summed E-state index contributed by atoms with van der Waals surface area (Å²) in [7, 11) is 0. The highest BCUT2D eigenvalue weighted by molar-refractivity contribution is 7.99. The zero-order chi connectivity index (χ0) is 18.1. The van der Waals surface area contributed by atoms with Gasteiger partial charge in [0.2, 0.25) is 5.91 Å². The second-order valence-electron chi connectivity index (χ2n) is 7.19. The molecule has 2 fully saturated rings. The Labute approximate surface area is 162 Å². The standard InChI is InChI=1S/C19H23ClN4OS/c1-2-24-18(13-5-7-15(20)8-6-13)22-23-19(24)26-11-17(25)21-16-10-12-3-4-14(16)9-12/h5-8,12,14,16H,2-4,9-11H2,1H3,(H,21,25). The maximum absolute atomic E-state index is 12.4. The van der Waals surface area contributed by atoms with Gasteiger partial charge in [0, 0.05) is 23.2 Å². The van der Waals surface area contributed by atoms with Crippen molar-refractivity contribution in [2.75, 3.05) is 5.75 Å². The number of nitrogens with one attached hydrogen (secondary N) is 1. The zero-order valence-electron chi connectivity index (χ0n) is 14.8. The van der Waals surface area contributed by atoms with E-state index in [4.69, 9.17) is 11.6 Å². The number of hydrogen-bond donors (Lipinski definition) is 1. The van der Waals surface area contributed by atoms with Gasteiger partial charge in [-0.25, -0.2) is 0 Å². The van der Waals surface area contributed by atoms with Crippen LogP contribution in [0.4, 0.5) is 0 Å². The number of fused-ring (bicyclic) bond motifs is 2. The van der Waals surface area contributed by atoms with E-state index in [9.17, 15) is 4.79 Å². The van der Waals surface area contributed by atoms with Crippen molar-refractivity contribution in [1.82, 2.24) is 20.1 Å². The average molecular weight is 391 g/mol. The molecule has 4 rings (SSSR count).